The summed E-state index contributed by atoms with van der Waals surface area (Å²) in [6, 6.07) is 150. The fourth-order valence-corrected chi connectivity index (χ4v) is 22.5. The summed E-state index contributed by atoms with van der Waals surface area (Å²) >= 11 is 22.9. The molecular weight excluding hydrogens is 2140 g/mol. The lowest BCUT2D eigenvalue weighted by Gasteiger charge is -2.08. The molecule has 6 nitrogen and oxygen atoms in total. The molecule has 0 saturated heterocycles. The van der Waals surface area contributed by atoms with E-state index in [4.69, 9.17) is 32.0 Å². The Morgan fingerprint density at radius 2 is 0.461 bits per heavy atom. The number of fused-ring (bicyclic) bond motifs is 23. The van der Waals surface area contributed by atoms with Crippen LogP contribution in [-0.2, 0) is 0 Å². The molecule has 0 fully saturated rings. The van der Waals surface area contributed by atoms with Crippen molar-refractivity contribution < 1.29 is 32.0 Å². The Labute approximate surface area is 869 Å². The van der Waals surface area contributed by atoms with Gasteiger partial charge in [-0.2, -0.15) is 0 Å². The maximum Gasteiger partial charge on any atom is 0.135 e. The molecule has 13 heteroatoms. The van der Waals surface area contributed by atoms with Gasteiger partial charge in [-0.1, -0.05) is 375 Å². The van der Waals surface area contributed by atoms with Gasteiger partial charge >= 0.3 is 0 Å². The fraction of sp³-hybridized carbons (Fsp3) is 0. The zero-order valence-corrected chi connectivity index (χ0v) is 85.0. The SMILES string of the molecule is Brc1cc(-c2ccc3oc4ccccc4c3c2)c2ccccc2c1.Brc1ccc(-c2ccc(-c3ccc4oc5ccccc5c4c3)cc2)cc1.Brc1ccc(-c2ccc3oc4ccccc4c3c2)c2ccccc12.Brc1ccc2c(c1)sc1cc(-c3ccc4oc5ccccc5c4c3)ccc12.Brc1cccc(-c2ccc3oc4ccccc4c3c2)c1.[2H]c1c([2H])c(-c2ccc3oc4ccccc4c3c2)c([2H])c([2H])c1Br. The molecule has 7 heterocycles. The van der Waals surface area contributed by atoms with Gasteiger partial charge in [0.25, 0.3) is 0 Å². The van der Waals surface area contributed by atoms with Crippen molar-refractivity contribution in [3.63, 3.8) is 0 Å². The molecule has 0 aliphatic heterocycles. The van der Waals surface area contributed by atoms with Gasteiger partial charge in [-0.05, 0) is 281 Å². The number of para-hydroxylation sites is 6. The number of rotatable bonds is 7. The van der Waals surface area contributed by atoms with E-state index in [1.807, 2.05) is 121 Å². The van der Waals surface area contributed by atoms with Gasteiger partial charge in [-0.3, -0.25) is 0 Å². The molecule has 0 bridgehead atoms. The normalized spacial score (nSPS) is 11.9. The summed E-state index contributed by atoms with van der Waals surface area (Å²) in [5.41, 5.74) is 26.4. The highest BCUT2D eigenvalue weighted by atomic mass is 79.9. The molecule has 0 amide bonds. The summed E-state index contributed by atoms with van der Waals surface area (Å²) in [5.74, 6) is 0. The standard InChI is InChI=1S/C24H13BrOS.C24H15BrO.2C22H13BrO.2C18H11BrO/c25-16-7-9-19-18-8-5-15(12-23(18)27-24(19)13-16)14-6-10-22-20(11-14)17-3-1-2-4-21(17)26-22;25-20-12-9-17(10-13-20)16-5-7-18(8-6-16)19-11-14-24-22(15-19)21-3-1-2-4-23(21)26-24;23-20-11-10-15(16-5-1-2-6-17(16)20)14-9-12-22-19(13-14)18-7-3-4-8-21(18)24-22;23-16-11-14-5-1-2-6-17(14)19(13-16)15-9-10-22-20(12-15)18-7-3-4-8-21(18)24-22;19-14-5-3-4-12(10-14)13-8-9-18-16(11-13)15-6-1-2-7-17(15)20-18;19-14-8-5-12(6-9-14)13-7-10-18-16(11-13)15-3-1-2-4-17(15)20-18/h1-13H;1-15H;2*1-13H;2*1-11H/i;;;;;5D,6D,8D,9D. The van der Waals surface area contributed by atoms with E-state index in [2.05, 4.69) is 411 Å². The second-order valence-electron chi connectivity index (χ2n) is 34.4. The van der Waals surface area contributed by atoms with Gasteiger partial charge in [0.1, 0.15) is 67.0 Å². The van der Waals surface area contributed by atoms with Crippen molar-refractivity contribution in [2.24, 2.45) is 0 Å². The van der Waals surface area contributed by atoms with Crippen LogP contribution < -0.4 is 0 Å². The molecule has 0 N–H and O–H groups in total. The third kappa shape index (κ3) is 17.9. The smallest absolute Gasteiger partial charge is 0.135 e. The molecule has 29 aromatic rings. The Kier molecular flexibility index (Phi) is 23.0. The predicted octanol–water partition coefficient (Wildman–Crippen LogP) is 42.4. The summed E-state index contributed by atoms with van der Waals surface area (Å²) in [6.45, 7) is 0. The Morgan fingerprint density at radius 1 is 0.156 bits per heavy atom. The van der Waals surface area contributed by atoms with Crippen LogP contribution in [0.25, 0.3) is 251 Å². The molecule has 0 aliphatic carbocycles. The highest BCUT2D eigenvalue weighted by Crippen LogP contribution is 2.45. The van der Waals surface area contributed by atoms with Crippen molar-refractivity contribution in [1.29, 1.82) is 0 Å². The first kappa shape index (κ1) is 84.3. The minimum Gasteiger partial charge on any atom is -0.456 e. The molecule has 0 atom stereocenters. The molecule has 672 valence electrons. The Hall–Kier alpha value is -14.7. The van der Waals surface area contributed by atoms with Gasteiger partial charge < -0.3 is 26.5 Å². The highest BCUT2D eigenvalue weighted by Gasteiger charge is 2.19. The van der Waals surface area contributed by atoms with Crippen molar-refractivity contribution in [1.82, 2.24) is 0 Å². The molecule has 0 unspecified atom stereocenters. The summed E-state index contributed by atoms with van der Waals surface area (Å²) in [7, 11) is 0. The summed E-state index contributed by atoms with van der Waals surface area (Å²) in [4.78, 5) is 0. The molecule has 29 rings (SSSR count). The van der Waals surface area contributed by atoms with E-state index in [1.54, 1.807) is 12.1 Å². The minimum absolute atomic E-state index is 0.0602. The topological polar surface area (TPSA) is 78.8 Å². The largest absolute Gasteiger partial charge is 0.456 e. The number of hydrogen-bond donors (Lipinski definition) is 0. The lowest BCUT2D eigenvalue weighted by molar-refractivity contribution is 0.668. The number of hydrogen-bond acceptors (Lipinski definition) is 7. The van der Waals surface area contributed by atoms with Gasteiger partial charge in [0, 0.05) is 112 Å². The lowest BCUT2D eigenvalue weighted by atomic mass is 9.97. The van der Waals surface area contributed by atoms with E-state index in [-0.39, 0.29) is 28.6 Å². The van der Waals surface area contributed by atoms with Gasteiger partial charge in [0.2, 0.25) is 0 Å². The summed E-state index contributed by atoms with van der Waals surface area (Å²) in [5, 5.41) is 21.1. The lowest BCUT2D eigenvalue weighted by Crippen LogP contribution is -1.82. The first-order chi connectivity index (χ1) is 70.9. The van der Waals surface area contributed by atoms with Crippen molar-refractivity contribution in [2.75, 3.05) is 0 Å². The van der Waals surface area contributed by atoms with Crippen LogP contribution in [0.3, 0.4) is 0 Å². The van der Waals surface area contributed by atoms with E-state index in [9.17, 15) is 0 Å². The second-order valence-corrected chi connectivity index (χ2v) is 40.8. The van der Waals surface area contributed by atoms with Crippen molar-refractivity contribution in [2.45, 2.75) is 0 Å². The van der Waals surface area contributed by atoms with E-state index >= 15 is 0 Å². The van der Waals surface area contributed by atoms with Crippen molar-refractivity contribution in [3.05, 3.63) is 488 Å². The molecule has 0 saturated carbocycles. The van der Waals surface area contributed by atoms with Crippen molar-refractivity contribution >= 4 is 280 Å². The fourth-order valence-electron chi connectivity index (χ4n) is 19.0. The van der Waals surface area contributed by atoms with Crippen LogP contribution in [0.1, 0.15) is 5.48 Å². The Balaban J connectivity index is 0.0000000936. The minimum atomic E-state index is -0.0804. The van der Waals surface area contributed by atoms with Crippen LogP contribution in [0.5, 0.6) is 0 Å². The average Bonchev–Trinajstić information content (AvgIpc) is 1.69. The quantitative estimate of drug-likeness (QED) is 0.158. The van der Waals surface area contributed by atoms with Crippen LogP contribution in [0.15, 0.2) is 514 Å². The van der Waals surface area contributed by atoms with E-state index in [1.165, 1.54) is 125 Å². The molecule has 0 spiro atoms. The van der Waals surface area contributed by atoms with Crippen LogP contribution in [-0.4, -0.2) is 0 Å². The summed E-state index contributed by atoms with van der Waals surface area (Å²) < 4.78 is 76.1. The predicted molar refractivity (Wildman–Crippen MR) is 614 cm³/mol. The number of halogens is 6. The van der Waals surface area contributed by atoms with Crippen LogP contribution in [0.4, 0.5) is 0 Å². The zero-order valence-electron chi connectivity index (χ0n) is 78.7. The van der Waals surface area contributed by atoms with Gasteiger partial charge in [-0.15, -0.1) is 11.3 Å². The first-order valence-electron chi connectivity index (χ1n) is 47.8. The van der Waals surface area contributed by atoms with E-state index < -0.39 is 0 Å². The maximum absolute atomic E-state index is 8.20. The Morgan fingerprint density at radius 3 is 0.908 bits per heavy atom. The van der Waals surface area contributed by atoms with Gasteiger partial charge in [-0.25, -0.2) is 0 Å². The molecule has 0 radical (unpaired) electrons. The molecular formula is C128H76Br6O6S. The monoisotopic (exact) mass is 2220 g/mol. The molecule has 141 heavy (non-hydrogen) atoms. The average molecular weight is 2230 g/mol. The van der Waals surface area contributed by atoms with Crippen LogP contribution >= 0.6 is 107 Å². The zero-order chi connectivity index (χ0) is 98.2. The third-order valence-corrected chi connectivity index (χ3v) is 30.0. The third-order valence-electron chi connectivity index (χ3n) is 25.8. The van der Waals surface area contributed by atoms with Crippen LogP contribution in [0.2, 0.25) is 0 Å². The maximum atomic E-state index is 8.20. The number of furan rings is 6. The Bertz CT molecular complexity index is 10100. The van der Waals surface area contributed by atoms with Crippen molar-refractivity contribution in [3.8, 4) is 77.9 Å². The second kappa shape index (κ2) is 38.5. The van der Waals surface area contributed by atoms with E-state index in [0.29, 0.717) is 11.1 Å². The van der Waals surface area contributed by atoms with Gasteiger partial charge in [0.15, 0.2) is 0 Å². The molecule has 22 aromatic carbocycles. The van der Waals surface area contributed by atoms with Crippen LogP contribution in [0, 0.1) is 0 Å². The molecule has 0 aliphatic rings. The first-order valence-corrected chi connectivity index (χ1v) is 51.4. The highest BCUT2D eigenvalue weighted by molar-refractivity contribution is 9.11. The molecule has 7 aromatic heterocycles. The summed E-state index contributed by atoms with van der Waals surface area (Å²) in [6.07, 6.45) is 0. The van der Waals surface area contributed by atoms with Gasteiger partial charge in [0.05, 0.1) is 5.48 Å². The number of benzene rings is 22. The number of thiophene rings is 1. The van der Waals surface area contributed by atoms with E-state index in [0.717, 1.165) is 138 Å².